The number of nitrogens with one attached hydrogen (secondary N) is 2. The number of carbonyl (C=O) groups is 1. The molecule has 2 aromatic carbocycles. The van der Waals surface area contributed by atoms with Crippen LogP contribution in [0.3, 0.4) is 0 Å². The highest BCUT2D eigenvalue weighted by Gasteiger charge is 2.27. The van der Waals surface area contributed by atoms with Crippen LogP contribution >= 0.6 is 0 Å². The molecule has 0 saturated carbocycles. The van der Waals surface area contributed by atoms with Crippen LogP contribution in [0.4, 0.5) is 0 Å². The Balaban J connectivity index is 1.45. The summed E-state index contributed by atoms with van der Waals surface area (Å²) in [5.74, 6) is 0.534. The van der Waals surface area contributed by atoms with E-state index in [0.717, 1.165) is 25.0 Å². The Kier molecular flexibility index (Phi) is 5.83. The van der Waals surface area contributed by atoms with Crippen LogP contribution in [0.2, 0.25) is 0 Å². The van der Waals surface area contributed by atoms with Crippen molar-refractivity contribution in [1.29, 1.82) is 0 Å². The number of rotatable bonds is 5. The van der Waals surface area contributed by atoms with E-state index in [1.807, 2.05) is 12.1 Å². The molecule has 152 valence electrons. The largest absolute Gasteiger partial charge is 0.497 e. The van der Waals surface area contributed by atoms with E-state index in [4.69, 9.17) is 4.74 Å². The Bertz CT molecular complexity index is 967. The van der Waals surface area contributed by atoms with Gasteiger partial charge in [0.05, 0.1) is 19.3 Å². The maximum absolute atomic E-state index is 12.7. The highest BCUT2D eigenvalue weighted by Crippen LogP contribution is 2.21. The van der Waals surface area contributed by atoms with E-state index >= 15 is 0 Å². The topological polar surface area (TPSA) is 77.6 Å². The van der Waals surface area contributed by atoms with E-state index < -0.39 is 6.10 Å². The summed E-state index contributed by atoms with van der Waals surface area (Å²) < 4.78 is 5.15. The van der Waals surface area contributed by atoms with Crippen molar-refractivity contribution in [3.8, 4) is 5.75 Å². The van der Waals surface area contributed by atoms with Gasteiger partial charge < -0.3 is 20.1 Å². The Morgan fingerprint density at radius 2 is 2.03 bits per heavy atom. The molecule has 6 heteroatoms. The molecule has 4 rings (SSSR count). The third kappa shape index (κ3) is 4.44. The SMILES string of the molecule is COc1ccc(C(=O)N[C@@H]2CN(Cc3c[nH]c4ccccc34)CCC[C@H]2O)cc1. The van der Waals surface area contributed by atoms with Gasteiger partial charge in [-0.1, -0.05) is 18.2 Å². The minimum Gasteiger partial charge on any atom is -0.497 e. The highest BCUT2D eigenvalue weighted by molar-refractivity contribution is 5.94. The fourth-order valence-electron chi connectivity index (χ4n) is 4.00. The Morgan fingerprint density at radius 1 is 1.24 bits per heavy atom. The molecule has 0 unspecified atom stereocenters. The highest BCUT2D eigenvalue weighted by atomic mass is 16.5. The summed E-state index contributed by atoms with van der Waals surface area (Å²) in [5, 5.41) is 14.8. The van der Waals surface area contributed by atoms with Gasteiger partial charge >= 0.3 is 0 Å². The van der Waals surface area contributed by atoms with Crippen molar-refractivity contribution in [3.05, 3.63) is 65.9 Å². The predicted molar refractivity (Wildman–Crippen MR) is 113 cm³/mol. The molecule has 0 aliphatic carbocycles. The molecule has 3 aromatic rings. The molecule has 1 saturated heterocycles. The van der Waals surface area contributed by atoms with Crippen LogP contribution in [0.1, 0.15) is 28.8 Å². The number of para-hydroxylation sites is 1. The lowest BCUT2D eigenvalue weighted by molar-refractivity contribution is 0.0798. The smallest absolute Gasteiger partial charge is 0.251 e. The van der Waals surface area contributed by atoms with E-state index in [-0.39, 0.29) is 11.9 Å². The maximum Gasteiger partial charge on any atom is 0.251 e. The van der Waals surface area contributed by atoms with E-state index in [2.05, 4.69) is 33.5 Å². The van der Waals surface area contributed by atoms with Crippen LogP contribution in [-0.4, -0.2) is 53.2 Å². The quantitative estimate of drug-likeness (QED) is 0.623. The number of aromatic amines is 1. The van der Waals surface area contributed by atoms with Crippen LogP contribution in [0.25, 0.3) is 10.9 Å². The lowest BCUT2D eigenvalue weighted by Gasteiger charge is -2.27. The standard InChI is InChI=1S/C23H27N3O3/c1-29-18-10-8-16(9-11-18)23(28)25-21-15-26(12-4-7-22(21)27)14-17-13-24-20-6-3-2-5-19(17)20/h2-3,5-6,8-11,13,21-22,24,27H,4,7,12,14-15H2,1H3,(H,25,28)/t21-,22-/m1/s1. The molecule has 2 heterocycles. The molecular weight excluding hydrogens is 366 g/mol. The fourth-order valence-corrected chi connectivity index (χ4v) is 4.00. The molecule has 2 atom stereocenters. The van der Waals surface area contributed by atoms with Gasteiger partial charge in [-0.25, -0.2) is 0 Å². The van der Waals surface area contributed by atoms with Gasteiger partial charge in [-0.15, -0.1) is 0 Å². The first kappa shape index (κ1) is 19.5. The number of methoxy groups -OCH3 is 1. The Morgan fingerprint density at radius 3 is 2.83 bits per heavy atom. The van der Waals surface area contributed by atoms with E-state index in [1.54, 1.807) is 31.4 Å². The van der Waals surface area contributed by atoms with Crippen molar-refractivity contribution in [3.63, 3.8) is 0 Å². The summed E-state index contributed by atoms with van der Waals surface area (Å²) in [5.41, 5.74) is 2.92. The molecule has 6 nitrogen and oxygen atoms in total. The number of amides is 1. The first-order chi connectivity index (χ1) is 14.1. The molecule has 1 aliphatic rings. The van der Waals surface area contributed by atoms with Crippen LogP contribution in [0.5, 0.6) is 5.75 Å². The summed E-state index contributed by atoms with van der Waals surface area (Å²) >= 11 is 0. The zero-order chi connectivity index (χ0) is 20.2. The minimum atomic E-state index is -0.551. The van der Waals surface area contributed by atoms with Crippen molar-refractivity contribution in [1.82, 2.24) is 15.2 Å². The van der Waals surface area contributed by atoms with Crippen molar-refractivity contribution < 1.29 is 14.6 Å². The van der Waals surface area contributed by atoms with Gasteiger partial charge in [-0.05, 0) is 55.3 Å². The molecule has 1 fully saturated rings. The number of ether oxygens (including phenoxy) is 1. The number of nitrogens with zero attached hydrogens (tertiary/aromatic N) is 1. The van der Waals surface area contributed by atoms with Crippen molar-refractivity contribution in [2.45, 2.75) is 31.5 Å². The number of benzene rings is 2. The molecular formula is C23H27N3O3. The third-order valence-corrected chi connectivity index (χ3v) is 5.63. The van der Waals surface area contributed by atoms with Crippen LogP contribution < -0.4 is 10.1 Å². The summed E-state index contributed by atoms with van der Waals surface area (Å²) in [7, 11) is 1.60. The average Bonchev–Trinajstić information content (AvgIpc) is 3.07. The van der Waals surface area contributed by atoms with E-state index in [0.29, 0.717) is 24.3 Å². The van der Waals surface area contributed by atoms with Crippen LogP contribution in [-0.2, 0) is 6.54 Å². The van der Waals surface area contributed by atoms with Gasteiger partial charge in [-0.3, -0.25) is 9.69 Å². The van der Waals surface area contributed by atoms with Crippen LogP contribution in [0, 0.1) is 0 Å². The summed E-state index contributed by atoms with van der Waals surface area (Å²) in [6, 6.07) is 15.0. The number of H-pyrrole nitrogens is 1. The fraction of sp³-hybridized carbons (Fsp3) is 0.348. The Labute approximate surface area is 170 Å². The third-order valence-electron chi connectivity index (χ3n) is 5.63. The lowest BCUT2D eigenvalue weighted by atomic mass is 10.1. The number of fused-ring (bicyclic) bond motifs is 1. The van der Waals surface area contributed by atoms with Gasteiger partial charge in [0, 0.05) is 35.8 Å². The summed E-state index contributed by atoms with van der Waals surface area (Å²) in [4.78, 5) is 18.3. The number of carbonyl (C=O) groups excluding carboxylic acids is 1. The summed E-state index contributed by atoms with van der Waals surface area (Å²) in [6.07, 6.45) is 3.08. The molecule has 29 heavy (non-hydrogen) atoms. The summed E-state index contributed by atoms with van der Waals surface area (Å²) in [6.45, 7) is 2.29. The second-order valence-electron chi connectivity index (χ2n) is 7.61. The van der Waals surface area contributed by atoms with Crippen LogP contribution in [0.15, 0.2) is 54.7 Å². The van der Waals surface area contributed by atoms with Gasteiger partial charge in [0.1, 0.15) is 5.75 Å². The molecule has 0 spiro atoms. The number of aliphatic hydroxyl groups is 1. The first-order valence-electron chi connectivity index (χ1n) is 10.0. The molecule has 1 aliphatic heterocycles. The molecule has 3 N–H and O–H groups in total. The van der Waals surface area contributed by atoms with Gasteiger partial charge in [0.25, 0.3) is 5.91 Å². The molecule has 1 aromatic heterocycles. The van der Waals surface area contributed by atoms with E-state index in [1.165, 1.54) is 10.9 Å². The zero-order valence-corrected chi connectivity index (χ0v) is 16.6. The second kappa shape index (κ2) is 8.68. The number of likely N-dealkylation sites (tertiary alicyclic amines) is 1. The lowest BCUT2D eigenvalue weighted by Crippen LogP contribution is -2.48. The maximum atomic E-state index is 12.7. The molecule has 0 bridgehead atoms. The predicted octanol–water partition coefficient (Wildman–Crippen LogP) is 2.93. The number of aliphatic hydroxyl groups excluding tert-OH is 1. The Hall–Kier alpha value is -2.83. The van der Waals surface area contributed by atoms with Crippen molar-refractivity contribution in [2.24, 2.45) is 0 Å². The van der Waals surface area contributed by atoms with E-state index in [9.17, 15) is 9.90 Å². The monoisotopic (exact) mass is 393 g/mol. The zero-order valence-electron chi connectivity index (χ0n) is 16.6. The number of hydrogen-bond donors (Lipinski definition) is 3. The molecule has 0 radical (unpaired) electrons. The normalized spacial score (nSPS) is 20.3. The van der Waals surface area contributed by atoms with Gasteiger partial charge in [0.15, 0.2) is 0 Å². The van der Waals surface area contributed by atoms with Crippen molar-refractivity contribution >= 4 is 16.8 Å². The average molecular weight is 393 g/mol. The molecule has 1 amide bonds. The van der Waals surface area contributed by atoms with Crippen molar-refractivity contribution in [2.75, 3.05) is 20.2 Å². The first-order valence-corrected chi connectivity index (χ1v) is 10.0. The second-order valence-corrected chi connectivity index (χ2v) is 7.61. The van der Waals surface area contributed by atoms with Gasteiger partial charge in [0.2, 0.25) is 0 Å². The minimum absolute atomic E-state index is 0.175. The number of aromatic nitrogens is 1. The number of hydrogen-bond acceptors (Lipinski definition) is 4. The van der Waals surface area contributed by atoms with Gasteiger partial charge in [-0.2, -0.15) is 0 Å².